The second-order valence-corrected chi connectivity index (χ2v) is 9.15. The fraction of sp³-hybridized carbons (Fsp3) is 0.400. The van der Waals surface area contributed by atoms with Crippen molar-refractivity contribution >= 4 is 15.9 Å². The molecule has 2 saturated heterocycles. The van der Waals surface area contributed by atoms with Crippen molar-refractivity contribution in [1.82, 2.24) is 9.21 Å². The Balaban J connectivity index is 1.36. The molecule has 2 fully saturated rings. The standard InChI is InChI=1S/C20H22N2O7S/c1-14-10-16(11-19(23)28-14)29-17-12-21(13-17)20(24)15-2-4-18(5-3-15)30(25,26)22-6-8-27-9-7-22/h2-5,10-11,17H,6-9,12-13H2,1H3. The van der Waals surface area contributed by atoms with Gasteiger partial charge in [0.2, 0.25) is 10.0 Å². The van der Waals surface area contributed by atoms with Crippen LogP contribution in [0.2, 0.25) is 0 Å². The highest BCUT2D eigenvalue weighted by atomic mass is 32.2. The van der Waals surface area contributed by atoms with Gasteiger partial charge in [0.05, 0.1) is 37.3 Å². The highest BCUT2D eigenvalue weighted by Gasteiger charge is 2.33. The highest BCUT2D eigenvalue weighted by molar-refractivity contribution is 7.89. The molecule has 0 aliphatic carbocycles. The first-order valence-electron chi connectivity index (χ1n) is 9.58. The molecule has 0 saturated carbocycles. The molecule has 0 atom stereocenters. The van der Waals surface area contributed by atoms with E-state index in [0.717, 1.165) is 0 Å². The third-order valence-corrected chi connectivity index (χ3v) is 6.93. The second kappa shape index (κ2) is 8.21. The first-order valence-corrected chi connectivity index (χ1v) is 11.0. The van der Waals surface area contributed by atoms with E-state index in [-0.39, 0.29) is 16.9 Å². The number of carbonyl (C=O) groups excluding carboxylic acids is 1. The van der Waals surface area contributed by atoms with Gasteiger partial charge >= 0.3 is 5.63 Å². The molecule has 3 heterocycles. The zero-order chi connectivity index (χ0) is 21.3. The minimum Gasteiger partial charge on any atom is -0.486 e. The molecular weight excluding hydrogens is 412 g/mol. The quantitative estimate of drug-likeness (QED) is 0.687. The summed E-state index contributed by atoms with van der Waals surface area (Å²) in [5.41, 5.74) is -0.0741. The number of amides is 1. The zero-order valence-electron chi connectivity index (χ0n) is 16.4. The molecule has 1 amide bonds. The van der Waals surface area contributed by atoms with Crippen molar-refractivity contribution in [2.75, 3.05) is 39.4 Å². The van der Waals surface area contributed by atoms with Crippen molar-refractivity contribution in [2.24, 2.45) is 0 Å². The molecule has 1 aromatic carbocycles. The average molecular weight is 434 g/mol. The number of morpholine rings is 1. The molecule has 2 aromatic rings. The fourth-order valence-electron chi connectivity index (χ4n) is 3.40. The smallest absolute Gasteiger partial charge is 0.339 e. The van der Waals surface area contributed by atoms with Crippen LogP contribution in [0.1, 0.15) is 16.1 Å². The predicted octanol–water partition coefficient (Wildman–Crippen LogP) is 0.873. The number of benzene rings is 1. The van der Waals surface area contributed by atoms with Crippen LogP contribution in [0.15, 0.2) is 50.5 Å². The van der Waals surface area contributed by atoms with Gasteiger partial charge in [0.15, 0.2) is 0 Å². The van der Waals surface area contributed by atoms with E-state index in [1.54, 1.807) is 17.9 Å². The third kappa shape index (κ3) is 4.25. The van der Waals surface area contributed by atoms with E-state index in [1.807, 2.05) is 0 Å². The maximum Gasteiger partial charge on any atom is 0.339 e. The molecule has 1 aromatic heterocycles. The van der Waals surface area contributed by atoms with Gasteiger partial charge in [-0.05, 0) is 31.2 Å². The van der Waals surface area contributed by atoms with Gasteiger partial charge in [-0.1, -0.05) is 0 Å². The van der Waals surface area contributed by atoms with Gasteiger partial charge in [0.25, 0.3) is 5.91 Å². The largest absolute Gasteiger partial charge is 0.486 e. The van der Waals surface area contributed by atoms with E-state index < -0.39 is 15.6 Å². The summed E-state index contributed by atoms with van der Waals surface area (Å²) in [5.74, 6) is 0.671. The van der Waals surface area contributed by atoms with Gasteiger partial charge < -0.3 is 18.8 Å². The van der Waals surface area contributed by atoms with Crippen LogP contribution in [-0.4, -0.2) is 69.0 Å². The van der Waals surface area contributed by atoms with E-state index in [0.29, 0.717) is 56.5 Å². The lowest BCUT2D eigenvalue weighted by Gasteiger charge is -2.39. The summed E-state index contributed by atoms with van der Waals surface area (Å²) < 4.78 is 42.5. The zero-order valence-corrected chi connectivity index (χ0v) is 17.3. The van der Waals surface area contributed by atoms with Gasteiger partial charge in [0.1, 0.15) is 17.6 Å². The minimum absolute atomic E-state index is 0.157. The summed E-state index contributed by atoms with van der Waals surface area (Å²) in [4.78, 5) is 25.8. The molecule has 30 heavy (non-hydrogen) atoms. The van der Waals surface area contributed by atoms with E-state index in [2.05, 4.69) is 0 Å². The monoisotopic (exact) mass is 434 g/mol. The second-order valence-electron chi connectivity index (χ2n) is 7.21. The Morgan fingerprint density at radius 1 is 1.10 bits per heavy atom. The number of ether oxygens (including phenoxy) is 2. The topological polar surface area (TPSA) is 106 Å². The predicted molar refractivity (Wildman–Crippen MR) is 106 cm³/mol. The maximum absolute atomic E-state index is 12.7. The number of nitrogens with zero attached hydrogens (tertiary/aromatic N) is 2. The van der Waals surface area contributed by atoms with Gasteiger partial charge in [-0.2, -0.15) is 4.31 Å². The molecule has 9 nitrogen and oxygen atoms in total. The molecule has 2 aliphatic rings. The van der Waals surface area contributed by atoms with Crippen LogP contribution in [0.4, 0.5) is 0 Å². The molecular formula is C20H22N2O7S. The number of carbonyl (C=O) groups is 1. The lowest BCUT2D eigenvalue weighted by Crippen LogP contribution is -2.56. The molecule has 4 rings (SSSR count). The first-order chi connectivity index (χ1) is 14.3. The number of sulfonamides is 1. The lowest BCUT2D eigenvalue weighted by atomic mass is 10.1. The van der Waals surface area contributed by atoms with Crippen molar-refractivity contribution in [1.29, 1.82) is 0 Å². The summed E-state index contributed by atoms with van der Waals surface area (Å²) >= 11 is 0. The normalized spacial score (nSPS) is 18.1. The number of hydrogen-bond donors (Lipinski definition) is 0. The van der Waals surface area contributed by atoms with Crippen molar-refractivity contribution in [3.63, 3.8) is 0 Å². The fourth-order valence-corrected chi connectivity index (χ4v) is 4.81. The van der Waals surface area contributed by atoms with Gasteiger partial charge in [-0.25, -0.2) is 13.2 Å². The summed E-state index contributed by atoms with van der Waals surface area (Å²) in [6, 6.07) is 8.85. The number of aryl methyl sites for hydroxylation is 1. The number of hydrogen-bond acceptors (Lipinski definition) is 7. The molecule has 0 unspecified atom stereocenters. The Morgan fingerprint density at radius 2 is 1.77 bits per heavy atom. The summed E-state index contributed by atoms with van der Waals surface area (Å²) in [7, 11) is -3.59. The van der Waals surface area contributed by atoms with Crippen molar-refractivity contribution in [3.8, 4) is 5.75 Å². The molecule has 0 N–H and O–H groups in total. The molecule has 10 heteroatoms. The SMILES string of the molecule is Cc1cc(OC2CN(C(=O)c3ccc(S(=O)(=O)N4CCOCC4)cc3)C2)cc(=O)o1. The van der Waals surface area contributed by atoms with Crippen LogP contribution in [-0.2, 0) is 14.8 Å². The highest BCUT2D eigenvalue weighted by Crippen LogP contribution is 2.22. The van der Waals surface area contributed by atoms with E-state index in [1.165, 1.54) is 34.6 Å². The van der Waals surface area contributed by atoms with Crippen LogP contribution in [0.3, 0.4) is 0 Å². The Morgan fingerprint density at radius 3 is 2.40 bits per heavy atom. The van der Waals surface area contributed by atoms with E-state index >= 15 is 0 Å². The van der Waals surface area contributed by atoms with Crippen LogP contribution in [0.5, 0.6) is 5.75 Å². The summed E-state index contributed by atoms with van der Waals surface area (Å²) in [5, 5.41) is 0. The molecule has 0 radical (unpaired) electrons. The van der Waals surface area contributed by atoms with Crippen LogP contribution in [0.25, 0.3) is 0 Å². The van der Waals surface area contributed by atoms with Crippen LogP contribution >= 0.6 is 0 Å². The molecule has 0 bridgehead atoms. The van der Waals surface area contributed by atoms with Crippen LogP contribution in [0, 0.1) is 6.92 Å². The Kier molecular flexibility index (Phi) is 5.63. The van der Waals surface area contributed by atoms with Crippen LogP contribution < -0.4 is 10.4 Å². The van der Waals surface area contributed by atoms with Gasteiger partial charge in [-0.15, -0.1) is 0 Å². The van der Waals surface area contributed by atoms with Crippen molar-refractivity contribution in [3.05, 3.63) is 58.1 Å². The van der Waals surface area contributed by atoms with Gasteiger partial charge in [-0.3, -0.25) is 4.79 Å². The summed E-state index contributed by atoms with van der Waals surface area (Å²) in [6.45, 7) is 3.82. The van der Waals surface area contributed by atoms with Crippen molar-refractivity contribution < 1.29 is 27.1 Å². The lowest BCUT2D eigenvalue weighted by molar-refractivity contribution is 0.0175. The maximum atomic E-state index is 12.7. The molecule has 0 spiro atoms. The molecule has 2 aliphatic heterocycles. The minimum atomic E-state index is -3.59. The van der Waals surface area contributed by atoms with E-state index in [9.17, 15) is 18.0 Å². The average Bonchev–Trinajstić information content (AvgIpc) is 2.70. The summed E-state index contributed by atoms with van der Waals surface area (Å²) in [6.07, 6.45) is -0.212. The first kappa shape index (κ1) is 20.6. The third-order valence-electron chi connectivity index (χ3n) is 5.01. The van der Waals surface area contributed by atoms with Gasteiger partial charge in [0, 0.05) is 24.7 Å². The van der Waals surface area contributed by atoms with Crippen molar-refractivity contribution in [2.45, 2.75) is 17.9 Å². The Hall–Kier alpha value is -2.69. The molecule has 160 valence electrons. The number of rotatable bonds is 5. The Bertz CT molecular complexity index is 1080. The van der Waals surface area contributed by atoms with E-state index in [4.69, 9.17) is 13.9 Å². The Labute approximate surface area is 173 Å². The number of likely N-dealkylation sites (tertiary alicyclic amines) is 1.